The molecule has 0 radical (unpaired) electrons. The fourth-order valence-electron chi connectivity index (χ4n) is 2.11. The second-order valence-electron chi connectivity index (χ2n) is 5.44. The van der Waals surface area contributed by atoms with Crippen LogP contribution in [0.3, 0.4) is 0 Å². The second kappa shape index (κ2) is 7.04. The Bertz CT molecular complexity index is 586. The Morgan fingerprint density at radius 3 is 2.29 bits per heavy atom. The molecule has 0 heterocycles. The highest BCUT2D eigenvalue weighted by Gasteiger charge is 2.04. The third kappa shape index (κ3) is 4.72. The first-order valence-electron chi connectivity index (χ1n) is 7.25. The van der Waals surface area contributed by atoms with Gasteiger partial charge in [-0.05, 0) is 43.5 Å². The number of hydrogen-bond donors (Lipinski definition) is 2. The molecule has 2 rings (SSSR count). The fraction of sp³-hybridized carbons (Fsp3) is 0.278. The van der Waals surface area contributed by atoms with Crippen molar-refractivity contribution in [3.05, 3.63) is 65.2 Å². The van der Waals surface area contributed by atoms with Crippen LogP contribution in [0.5, 0.6) is 0 Å². The van der Waals surface area contributed by atoms with Crippen molar-refractivity contribution in [3.8, 4) is 0 Å². The lowest BCUT2D eigenvalue weighted by Gasteiger charge is -2.08. The van der Waals surface area contributed by atoms with Crippen LogP contribution in [0.1, 0.15) is 36.1 Å². The summed E-state index contributed by atoms with van der Waals surface area (Å²) in [6.45, 7) is 4.00. The summed E-state index contributed by atoms with van der Waals surface area (Å²) in [5.41, 5.74) is 10.1. The smallest absolute Gasteiger partial charge is 0.224 e. The molecule has 2 aromatic rings. The SMILES string of the molecule is Cc1ccc(CCC(=O)Nc2ccc(C(C)N)cc2)cc1. The summed E-state index contributed by atoms with van der Waals surface area (Å²) < 4.78 is 0. The number of anilines is 1. The van der Waals surface area contributed by atoms with Crippen molar-refractivity contribution in [1.29, 1.82) is 0 Å². The Balaban J connectivity index is 1.85. The van der Waals surface area contributed by atoms with Gasteiger partial charge in [0.25, 0.3) is 0 Å². The van der Waals surface area contributed by atoms with Gasteiger partial charge < -0.3 is 11.1 Å². The van der Waals surface area contributed by atoms with E-state index in [1.807, 2.05) is 31.2 Å². The van der Waals surface area contributed by atoms with E-state index in [-0.39, 0.29) is 11.9 Å². The third-order valence-electron chi connectivity index (χ3n) is 3.48. The number of carbonyl (C=O) groups is 1. The first-order chi connectivity index (χ1) is 10.0. The van der Waals surface area contributed by atoms with Crippen LogP contribution >= 0.6 is 0 Å². The minimum atomic E-state index is 0.0105. The molecular weight excluding hydrogens is 260 g/mol. The van der Waals surface area contributed by atoms with Crippen LogP contribution in [0.25, 0.3) is 0 Å². The van der Waals surface area contributed by atoms with Crippen molar-refractivity contribution in [2.24, 2.45) is 5.73 Å². The largest absolute Gasteiger partial charge is 0.326 e. The van der Waals surface area contributed by atoms with Crippen LogP contribution < -0.4 is 11.1 Å². The van der Waals surface area contributed by atoms with Crippen molar-refractivity contribution < 1.29 is 4.79 Å². The molecule has 21 heavy (non-hydrogen) atoms. The van der Waals surface area contributed by atoms with Gasteiger partial charge >= 0.3 is 0 Å². The van der Waals surface area contributed by atoms with E-state index >= 15 is 0 Å². The summed E-state index contributed by atoms with van der Waals surface area (Å²) in [6, 6.07) is 16.0. The molecule has 110 valence electrons. The minimum Gasteiger partial charge on any atom is -0.326 e. The molecular formula is C18H22N2O. The molecule has 0 saturated carbocycles. The molecule has 3 nitrogen and oxygen atoms in total. The normalized spacial score (nSPS) is 12.0. The predicted molar refractivity (Wildman–Crippen MR) is 87.2 cm³/mol. The van der Waals surface area contributed by atoms with E-state index in [1.54, 1.807) is 0 Å². The van der Waals surface area contributed by atoms with E-state index in [0.29, 0.717) is 6.42 Å². The maximum Gasteiger partial charge on any atom is 0.224 e. The summed E-state index contributed by atoms with van der Waals surface area (Å²) in [4.78, 5) is 11.9. The van der Waals surface area contributed by atoms with Gasteiger partial charge in [0, 0.05) is 18.2 Å². The lowest BCUT2D eigenvalue weighted by atomic mass is 10.1. The third-order valence-corrected chi connectivity index (χ3v) is 3.48. The van der Waals surface area contributed by atoms with Crippen LogP contribution in [0.15, 0.2) is 48.5 Å². The lowest BCUT2D eigenvalue weighted by Crippen LogP contribution is -2.12. The zero-order chi connectivity index (χ0) is 15.2. The maximum absolute atomic E-state index is 11.9. The highest BCUT2D eigenvalue weighted by atomic mass is 16.1. The quantitative estimate of drug-likeness (QED) is 0.880. The number of aryl methyl sites for hydroxylation is 2. The topological polar surface area (TPSA) is 55.1 Å². The van der Waals surface area contributed by atoms with Crippen molar-refractivity contribution in [2.75, 3.05) is 5.32 Å². The van der Waals surface area contributed by atoms with Gasteiger partial charge in [-0.3, -0.25) is 4.79 Å². The molecule has 0 bridgehead atoms. The number of nitrogens with one attached hydrogen (secondary N) is 1. The minimum absolute atomic E-state index is 0.0105. The molecule has 1 atom stereocenters. The van der Waals surface area contributed by atoms with Gasteiger partial charge in [-0.15, -0.1) is 0 Å². The summed E-state index contributed by atoms with van der Waals surface area (Å²) in [6.07, 6.45) is 1.24. The highest BCUT2D eigenvalue weighted by Crippen LogP contribution is 2.14. The van der Waals surface area contributed by atoms with E-state index < -0.39 is 0 Å². The zero-order valence-electron chi connectivity index (χ0n) is 12.6. The Hall–Kier alpha value is -2.13. The number of rotatable bonds is 5. The molecule has 1 amide bonds. The molecule has 1 unspecified atom stereocenters. The van der Waals surface area contributed by atoms with Gasteiger partial charge in [0.05, 0.1) is 0 Å². The van der Waals surface area contributed by atoms with Gasteiger partial charge in [-0.2, -0.15) is 0 Å². The van der Waals surface area contributed by atoms with Gasteiger partial charge in [0.2, 0.25) is 5.91 Å². The molecule has 3 heteroatoms. The van der Waals surface area contributed by atoms with Gasteiger partial charge in [-0.25, -0.2) is 0 Å². The van der Waals surface area contributed by atoms with Gasteiger partial charge in [0.1, 0.15) is 0 Å². The van der Waals surface area contributed by atoms with Gasteiger partial charge in [0.15, 0.2) is 0 Å². The van der Waals surface area contributed by atoms with E-state index in [1.165, 1.54) is 11.1 Å². The van der Waals surface area contributed by atoms with E-state index in [2.05, 4.69) is 36.5 Å². The molecule has 2 aromatic carbocycles. The Morgan fingerprint density at radius 1 is 1.10 bits per heavy atom. The summed E-state index contributed by atoms with van der Waals surface area (Å²) >= 11 is 0. The molecule has 0 aliphatic rings. The molecule has 0 aromatic heterocycles. The van der Waals surface area contributed by atoms with E-state index in [4.69, 9.17) is 5.73 Å². The van der Waals surface area contributed by atoms with E-state index in [0.717, 1.165) is 17.7 Å². The van der Waals surface area contributed by atoms with Gasteiger partial charge in [-0.1, -0.05) is 42.0 Å². The lowest BCUT2D eigenvalue weighted by molar-refractivity contribution is -0.116. The predicted octanol–water partition coefficient (Wildman–Crippen LogP) is 3.59. The maximum atomic E-state index is 11.9. The van der Waals surface area contributed by atoms with Crippen molar-refractivity contribution >= 4 is 11.6 Å². The van der Waals surface area contributed by atoms with E-state index in [9.17, 15) is 4.79 Å². The number of amides is 1. The summed E-state index contributed by atoms with van der Waals surface area (Å²) in [5.74, 6) is 0.0316. The number of benzene rings is 2. The van der Waals surface area contributed by atoms with Crippen LogP contribution in [0, 0.1) is 6.92 Å². The van der Waals surface area contributed by atoms with Crippen LogP contribution in [0.4, 0.5) is 5.69 Å². The Morgan fingerprint density at radius 2 is 1.71 bits per heavy atom. The molecule has 0 aliphatic heterocycles. The van der Waals surface area contributed by atoms with Crippen molar-refractivity contribution in [2.45, 2.75) is 32.7 Å². The van der Waals surface area contributed by atoms with Crippen LogP contribution in [-0.2, 0) is 11.2 Å². The average Bonchev–Trinajstić information content (AvgIpc) is 2.47. The fourth-order valence-corrected chi connectivity index (χ4v) is 2.11. The Labute approximate surface area is 126 Å². The Kier molecular flexibility index (Phi) is 5.12. The molecule has 0 spiro atoms. The second-order valence-corrected chi connectivity index (χ2v) is 5.44. The number of hydrogen-bond acceptors (Lipinski definition) is 2. The highest BCUT2D eigenvalue weighted by molar-refractivity contribution is 5.90. The first kappa shape index (κ1) is 15.3. The van der Waals surface area contributed by atoms with Crippen molar-refractivity contribution in [1.82, 2.24) is 0 Å². The molecule has 0 saturated heterocycles. The average molecular weight is 282 g/mol. The number of nitrogens with two attached hydrogens (primary N) is 1. The summed E-state index contributed by atoms with van der Waals surface area (Å²) in [7, 11) is 0. The zero-order valence-corrected chi connectivity index (χ0v) is 12.6. The molecule has 0 aliphatic carbocycles. The van der Waals surface area contributed by atoms with Crippen LogP contribution in [0.2, 0.25) is 0 Å². The molecule has 0 fully saturated rings. The monoisotopic (exact) mass is 282 g/mol. The molecule has 3 N–H and O–H groups in total. The van der Waals surface area contributed by atoms with Crippen LogP contribution in [-0.4, -0.2) is 5.91 Å². The summed E-state index contributed by atoms with van der Waals surface area (Å²) in [5, 5.41) is 2.91. The first-order valence-corrected chi connectivity index (χ1v) is 7.25. The number of carbonyl (C=O) groups excluding carboxylic acids is 1. The standard InChI is InChI=1S/C18H22N2O/c1-13-3-5-15(6-4-13)7-12-18(21)20-17-10-8-16(9-11-17)14(2)19/h3-6,8-11,14H,7,12,19H2,1-2H3,(H,20,21). The van der Waals surface area contributed by atoms with Crippen molar-refractivity contribution in [3.63, 3.8) is 0 Å².